The Balaban J connectivity index is 3.31. The molecule has 0 saturated heterocycles. The zero-order valence-corrected chi connectivity index (χ0v) is 11.2. The van der Waals surface area contributed by atoms with Crippen molar-refractivity contribution in [3.63, 3.8) is 0 Å². The Labute approximate surface area is 114 Å². The highest BCUT2D eigenvalue weighted by Gasteiger charge is 2.43. The van der Waals surface area contributed by atoms with E-state index in [1.807, 2.05) is 0 Å². The van der Waals surface area contributed by atoms with Gasteiger partial charge in [0.1, 0.15) is 0 Å². The highest BCUT2D eigenvalue weighted by Crippen LogP contribution is 2.43. The molecule has 0 aliphatic rings. The fraction of sp³-hybridized carbons (Fsp3) is 0.500. The van der Waals surface area contributed by atoms with E-state index < -0.39 is 18.3 Å². The van der Waals surface area contributed by atoms with E-state index in [0.29, 0.717) is 0 Å². The lowest BCUT2D eigenvalue weighted by Gasteiger charge is -2.24. The number of rotatable bonds is 5. The summed E-state index contributed by atoms with van der Waals surface area (Å²) in [4.78, 5) is 0. The maximum absolute atomic E-state index is 12.5. The summed E-state index contributed by atoms with van der Waals surface area (Å²) in [5.41, 5.74) is 5.44. The van der Waals surface area contributed by atoms with Gasteiger partial charge in [-0.15, -0.1) is 0 Å². The minimum absolute atomic E-state index is 0.0114. The molecule has 5 nitrogen and oxygen atoms in total. The second-order valence-corrected chi connectivity index (χ2v) is 3.94. The minimum Gasteiger partial charge on any atom is -0.493 e. The van der Waals surface area contributed by atoms with Crippen molar-refractivity contribution in [2.45, 2.75) is 18.3 Å². The molecule has 0 saturated carbocycles. The average Bonchev–Trinajstić information content (AvgIpc) is 2.42. The molecule has 0 aromatic heterocycles. The molecule has 0 aliphatic carbocycles. The van der Waals surface area contributed by atoms with Crippen molar-refractivity contribution in [3.8, 4) is 17.2 Å². The molecule has 0 unspecified atom stereocenters. The van der Waals surface area contributed by atoms with Crippen molar-refractivity contribution in [1.82, 2.24) is 0 Å². The van der Waals surface area contributed by atoms with Crippen LogP contribution in [0.1, 0.15) is 11.6 Å². The molecule has 0 bridgehead atoms. The maximum Gasteiger partial charge on any atom is 0.416 e. The van der Waals surface area contributed by atoms with Gasteiger partial charge in [0.15, 0.2) is 17.6 Å². The first-order valence-corrected chi connectivity index (χ1v) is 5.57. The summed E-state index contributed by atoms with van der Waals surface area (Å²) in [5, 5.41) is 9.24. The Morgan fingerprint density at radius 1 is 1.05 bits per heavy atom. The third-order valence-corrected chi connectivity index (χ3v) is 2.77. The summed E-state index contributed by atoms with van der Waals surface area (Å²) < 4.78 is 52.7. The molecular formula is C12H16F3NO4. The number of aliphatic hydroxyl groups is 1. The molecule has 3 N–H and O–H groups in total. The van der Waals surface area contributed by atoms with Crippen LogP contribution in [0.2, 0.25) is 0 Å². The van der Waals surface area contributed by atoms with Crippen LogP contribution in [0.25, 0.3) is 0 Å². The molecule has 0 amide bonds. The van der Waals surface area contributed by atoms with Crippen LogP contribution < -0.4 is 19.9 Å². The van der Waals surface area contributed by atoms with E-state index in [1.54, 1.807) is 0 Å². The van der Waals surface area contributed by atoms with E-state index in [9.17, 15) is 18.3 Å². The predicted octanol–water partition coefficient (Wildman–Crippen LogP) is 1.64. The van der Waals surface area contributed by atoms with E-state index in [1.165, 1.54) is 33.5 Å². The molecule has 0 fully saturated rings. The second-order valence-electron chi connectivity index (χ2n) is 3.94. The van der Waals surface area contributed by atoms with E-state index >= 15 is 0 Å². The van der Waals surface area contributed by atoms with Gasteiger partial charge in [-0.2, -0.15) is 13.2 Å². The Hall–Kier alpha value is -1.67. The molecule has 20 heavy (non-hydrogen) atoms. The number of methoxy groups -OCH3 is 3. The predicted molar refractivity (Wildman–Crippen MR) is 65.1 cm³/mol. The van der Waals surface area contributed by atoms with Crippen molar-refractivity contribution < 1.29 is 32.5 Å². The van der Waals surface area contributed by atoms with Gasteiger partial charge < -0.3 is 25.1 Å². The fourth-order valence-corrected chi connectivity index (χ4v) is 1.76. The van der Waals surface area contributed by atoms with Crippen LogP contribution >= 0.6 is 0 Å². The maximum atomic E-state index is 12.5. The number of hydrogen-bond acceptors (Lipinski definition) is 5. The molecule has 0 aliphatic heterocycles. The van der Waals surface area contributed by atoms with E-state index in [2.05, 4.69) is 0 Å². The van der Waals surface area contributed by atoms with E-state index in [4.69, 9.17) is 19.9 Å². The van der Waals surface area contributed by atoms with Gasteiger partial charge in [-0.05, 0) is 12.1 Å². The quantitative estimate of drug-likeness (QED) is 0.864. The summed E-state index contributed by atoms with van der Waals surface area (Å²) in [6.07, 6.45) is -7.55. The first-order valence-electron chi connectivity index (χ1n) is 5.57. The highest BCUT2D eigenvalue weighted by molar-refractivity contribution is 5.56. The zero-order chi connectivity index (χ0) is 15.5. The number of hydrogen-bond donors (Lipinski definition) is 2. The summed E-state index contributed by atoms with van der Waals surface area (Å²) in [6.45, 7) is 0. The molecule has 1 aromatic rings. The number of nitrogens with two attached hydrogens (primary N) is 1. The third kappa shape index (κ3) is 3.07. The molecule has 2 atom stereocenters. The van der Waals surface area contributed by atoms with Crippen molar-refractivity contribution >= 4 is 0 Å². The van der Waals surface area contributed by atoms with Gasteiger partial charge in [0, 0.05) is 5.56 Å². The Bertz CT molecular complexity index is 465. The standard InChI is InChI=1S/C12H16F3NO4/c1-18-7-5-4-6(9(19-2)10(7)20-3)8(16)11(17)12(13,14)15/h4-5,8,11,17H,16H2,1-3H3/t8-,11-/m1/s1. The lowest BCUT2D eigenvalue weighted by molar-refractivity contribution is -0.210. The second kappa shape index (κ2) is 6.19. The SMILES string of the molecule is COc1ccc([C@@H](N)[C@@H](O)C(F)(F)F)c(OC)c1OC. The number of alkyl halides is 3. The van der Waals surface area contributed by atoms with Crippen LogP contribution in [0.15, 0.2) is 12.1 Å². The van der Waals surface area contributed by atoms with Gasteiger partial charge >= 0.3 is 6.18 Å². The first-order chi connectivity index (χ1) is 9.27. The number of ether oxygens (including phenoxy) is 3. The van der Waals surface area contributed by atoms with E-state index in [0.717, 1.165) is 0 Å². The zero-order valence-electron chi connectivity index (χ0n) is 11.2. The normalized spacial score (nSPS) is 14.6. The highest BCUT2D eigenvalue weighted by atomic mass is 19.4. The van der Waals surface area contributed by atoms with Gasteiger partial charge in [-0.3, -0.25) is 0 Å². The van der Waals surface area contributed by atoms with Crippen LogP contribution in [-0.4, -0.2) is 38.7 Å². The van der Waals surface area contributed by atoms with Gasteiger partial charge in [0.25, 0.3) is 0 Å². The number of halogens is 3. The molecule has 1 rings (SSSR count). The summed E-state index contributed by atoms with van der Waals surface area (Å²) in [6, 6.07) is 0.976. The summed E-state index contributed by atoms with van der Waals surface area (Å²) in [7, 11) is 3.95. The Morgan fingerprint density at radius 3 is 2.00 bits per heavy atom. The van der Waals surface area contributed by atoms with Crippen LogP contribution in [0.5, 0.6) is 17.2 Å². The molecule has 0 radical (unpaired) electrons. The van der Waals surface area contributed by atoms with Crippen molar-refractivity contribution in [2.75, 3.05) is 21.3 Å². The van der Waals surface area contributed by atoms with Crippen LogP contribution in [0.3, 0.4) is 0 Å². The van der Waals surface area contributed by atoms with Gasteiger partial charge in [0.05, 0.1) is 27.4 Å². The largest absolute Gasteiger partial charge is 0.493 e. The van der Waals surface area contributed by atoms with Gasteiger partial charge in [-0.1, -0.05) is 0 Å². The molecule has 1 aromatic carbocycles. The van der Waals surface area contributed by atoms with Gasteiger partial charge in [0.2, 0.25) is 5.75 Å². The first kappa shape index (κ1) is 16.4. The van der Waals surface area contributed by atoms with Crippen molar-refractivity contribution in [2.24, 2.45) is 5.73 Å². The Kier molecular flexibility index (Phi) is 5.07. The van der Waals surface area contributed by atoms with E-state index in [-0.39, 0.29) is 22.8 Å². The molecular weight excluding hydrogens is 279 g/mol. The van der Waals surface area contributed by atoms with Crippen LogP contribution in [0.4, 0.5) is 13.2 Å². The molecule has 8 heteroatoms. The monoisotopic (exact) mass is 295 g/mol. The number of aliphatic hydroxyl groups excluding tert-OH is 1. The summed E-state index contributed by atoms with van der Waals surface area (Å²) >= 11 is 0. The number of benzene rings is 1. The molecule has 0 spiro atoms. The fourth-order valence-electron chi connectivity index (χ4n) is 1.76. The third-order valence-electron chi connectivity index (χ3n) is 2.77. The molecule has 0 heterocycles. The van der Waals surface area contributed by atoms with Crippen LogP contribution in [0, 0.1) is 0 Å². The minimum atomic E-state index is -4.84. The lowest BCUT2D eigenvalue weighted by atomic mass is 10.00. The molecule has 114 valence electrons. The Morgan fingerprint density at radius 2 is 1.60 bits per heavy atom. The van der Waals surface area contributed by atoms with Gasteiger partial charge in [-0.25, -0.2) is 0 Å². The van der Waals surface area contributed by atoms with Crippen molar-refractivity contribution in [1.29, 1.82) is 0 Å². The van der Waals surface area contributed by atoms with Crippen LogP contribution in [-0.2, 0) is 0 Å². The smallest absolute Gasteiger partial charge is 0.416 e. The topological polar surface area (TPSA) is 73.9 Å². The average molecular weight is 295 g/mol. The summed E-state index contributed by atoms with van der Waals surface area (Å²) in [5.74, 6) is 0.377. The lowest BCUT2D eigenvalue weighted by Crippen LogP contribution is -2.39. The van der Waals surface area contributed by atoms with Crippen molar-refractivity contribution in [3.05, 3.63) is 17.7 Å².